The maximum atomic E-state index is 12.8. The first-order chi connectivity index (χ1) is 11.2. The van der Waals surface area contributed by atoms with Crippen molar-refractivity contribution in [1.82, 2.24) is 10.2 Å². The Balaban J connectivity index is 1.94. The van der Waals surface area contributed by atoms with Gasteiger partial charge < -0.3 is 10.6 Å². The third-order valence-corrected chi connectivity index (χ3v) is 4.32. The predicted octanol–water partition coefficient (Wildman–Crippen LogP) is 1.64. The van der Waals surface area contributed by atoms with E-state index >= 15 is 0 Å². The minimum absolute atomic E-state index is 0.0313. The molecule has 1 heterocycles. The molecule has 2 unspecified atom stereocenters. The second kappa shape index (κ2) is 7.40. The van der Waals surface area contributed by atoms with Crippen LogP contribution in [0.2, 0.25) is 0 Å². The summed E-state index contributed by atoms with van der Waals surface area (Å²) >= 11 is 0. The predicted molar refractivity (Wildman–Crippen MR) is 86.5 cm³/mol. The molecule has 1 amide bonds. The summed E-state index contributed by atoms with van der Waals surface area (Å²) in [6.07, 6.45) is -4.36. The molecule has 1 aliphatic heterocycles. The van der Waals surface area contributed by atoms with Crippen molar-refractivity contribution in [1.29, 1.82) is 0 Å². The maximum absolute atomic E-state index is 12.8. The van der Waals surface area contributed by atoms with E-state index in [1.165, 1.54) is 12.1 Å². The number of piperazine rings is 1. The van der Waals surface area contributed by atoms with E-state index in [2.05, 4.69) is 10.2 Å². The van der Waals surface area contributed by atoms with Crippen LogP contribution in [0.3, 0.4) is 0 Å². The van der Waals surface area contributed by atoms with Crippen molar-refractivity contribution >= 4 is 11.6 Å². The zero-order valence-electron chi connectivity index (χ0n) is 13.8. The van der Waals surface area contributed by atoms with Gasteiger partial charge in [-0.3, -0.25) is 15.0 Å². The van der Waals surface area contributed by atoms with Gasteiger partial charge in [0.05, 0.1) is 17.8 Å². The Morgan fingerprint density at radius 2 is 1.83 bits per heavy atom. The minimum Gasteiger partial charge on any atom is -0.369 e. The topological polar surface area (TPSA) is 61.6 Å². The molecule has 0 aromatic heterocycles. The molecular weight excluding hydrogens is 321 g/mol. The number of hydrogen-bond acceptors (Lipinski definition) is 4. The first-order valence-electron chi connectivity index (χ1n) is 7.90. The average molecular weight is 344 g/mol. The highest BCUT2D eigenvalue weighted by atomic mass is 19.4. The molecule has 0 saturated carbocycles. The fourth-order valence-electron chi connectivity index (χ4n) is 2.80. The van der Waals surface area contributed by atoms with E-state index in [-0.39, 0.29) is 6.17 Å². The van der Waals surface area contributed by atoms with Gasteiger partial charge in [0.15, 0.2) is 0 Å². The lowest BCUT2D eigenvalue weighted by molar-refractivity contribution is -0.137. The molecule has 1 aromatic rings. The lowest BCUT2D eigenvalue weighted by Crippen LogP contribution is -2.56. The Morgan fingerprint density at radius 1 is 1.21 bits per heavy atom. The van der Waals surface area contributed by atoms with E-state index in [1.54, 1.807) is 13.0 Å². The van der Waals surface area contributed by atoms with Crippen LogP contribution in [-0.4, -0.2) is 49.2 Å². The summed E-state index contributed by atoms with van der Waals surface area (Å²) in [5.74, 6) is -0.413. The van der Waals surface area contributed by atoms with Crippen molar-refractivity contribution in [2.75, 3.05) is 31.1 Å². The Labute approximate surface area is 139 Å². The minimum atomic E-state index is -4.33. The summed E-state index contributed by atoms with van der Waals surface area (Å²) in [7, 11) is 0. The van der Waals surface area contributed by atoms with Crippen LogP contribution < -0.4 is 16.0 Å². The number of hydrogen-bond donors (Lipinski definition) is 2. The molecule has 1 fully saturated rings. The van der Waals surface area contributed by atoms with Gasteiger partial charge in [-0.15, -0.1) is 0 Å². The van der Waals surface area contributed by atoms with Crippen LogP contribution in [0.5, 0.6) is 0 Å². The number of anilines is 1. The van der Waals surface area contributed by atoms with Crippen LogP contribution in [0.1, 0.15) is 19.4 Å². The molecule has 24 heavy (non-hydrogen) atoms. The zero-order chi connectivity index (χ0) is 17.9. The number of halogens is 3. The summed E-state index contributed by atoms with van der Waals surface area (Å²) < 4.78 is 38.5. The lowest BCUT2D eigenvalue weighted by atomic mass is 10.1. The standard InChI is InChI=1S/C16H23F3N4O/c1-11(15(20)24)21-12(2)22-6-8-23(9-7-22)14-5-3-4-13(10-14)16(17,18)19/h3-5,10-12,21H,6-9H2,1-2H3,(H2,20,24). The number of nitrogens with one attached hydrogen (secondary N) is 1. The molecule has 8 heteroatoms. The van der Waals surface area contributed by atoms with Crippen molar-refractivity contribution in [3.63, 3.8) is 0 Å². The Bertz CT molecular complexity index is 571. The molecular formula is C16H23F3N4O. The van der Waals surface area contributed by atoms with E-state index in [1.807, 2.05) is 11.8 Å². The maximum Gasteiger partial charge on any atom is 0.416 e. The van der Waals surface area contributed by atoms with Gasteiger partial charge in [-0.25, -0.2) is 0 Å². The highest BCUT2D eigenvalue weighted by Gasteiger charge is 2.31. The summed E-state index contributed by atoms with van der Waals surface area (Å²) in [6, 6.07) is 4.97. The van der Waals surface area contributed by atoms with E-state index in [4.69, 9.17) is 5.73 Å². The molecule has 1 aliphatic rings. The number of carbonyl (C=O) groups is 1. The molecule has 1 saturated heterocycles. The van der Waals surface area contributed by atoms with Crippen molar-refractivity contribution in [3.05, 3.63) is 29.8 Å². The fourth-order valence-corrected chi connectivity index (χ4v) is 2.80. The van der Waals surface area contributed by atoms with Gasteiger partial charge in [-0.2, -0.15) is 13.2 Å². The molecule has 134 valence electrons. The third kappa shape index (κ3) is 4.61. The number of amides is 1. The van der Waals surface area contributed by atoms with Crippen molar-refractivity contribution in [2.45, 2.75) is 32.2 Å². The van der Waals surface area contributed by atoms with Crippen LogP contribution in [0, 0.1) is 0 Å². The Hall–Kier alpha value is -1.80. The van der Waals surface area contributed by atoms with E-state index in [0.717, 1.165) is 6.07 Å². The highest BCUT2D eigenvalue weighted by Crippen LogP contribution is 2.31. The fraction of sp³-hybridized carbons (Fsp3) is 0.562. The zero-order valence-corrected chi connectivity index (χ0v) is 13.8. The first kappa shape index (κ1) is 18.5. The normalized spacial score (nSPS) is 19.1. The summed E-state index contributed by atoms with van der Waals surface area (Å²) in [5, 5.41) is 3.12. The van der Waals surface area contributed by atoms with E-state index < -0.39 is 23.7 Å². The number of alkyl halides is 3. The molecule has 3 N–H and O–H groups in total. The molecule has 0 aliphatic carbocycles. The second-order valence-electron chi connectivity index (χ2n) is 6.04. The molecule has 0 bridgehead atoms. The van der Waals surface area contributed by atoms with Crippen LogP contribution in [0.4, 0.5) is 18.9 Å². The smallest absolute Gasteiger partial charge is 0.369 e. The van der Waals surface area contributed by atoms with Gasteiger partial charge in [0.25, 0.3) is 0 Å². The Morgan fingerprint density at radius 3 is 2.38 bits per heavy atom. The van der Waals surface area contributed by atoms with Gasteiger partial charge in [0, 0.05) is 31.9 Å². The van der Waals surface area contributed by atoms with Crippen LogP contribution >= 0.6 is 0 Å². The van der Waals surface area contributed by atoms with Crippen LogP contribution in [0.25, 0.3) is 0 Å². The van der Waals surface area contributed by atoms with Gasteiger partial charge in [0.1, 0.15) is 0 Å². The largest absolute Gasteiger partial charge is 0.416 e. The number of nitrogens with zero attached hydrogens (tertiary/aromatic N) is 2. The molecule has 0 spiro atoms. The monoisotopic (exact) mass is 344 g/mol. The molecule has 2 atom stereocenters. The molecule has 5 nitrogen and oxygen atoms in total. The summed E-state index contributed by atoms with van der Waals surface area (Å²) in [4.78, 5) is 15.2. The second-order valence-corrected chi connectivity index (χ2v) is 6.04. The summed E-state index contributed by atoms with van der Waals surface area (Å²) in [5.41, 5.74) is 5.19. The summed E-state index contributed by atoms with van der Waals surface area (Å²) in [6.45, 7) is 6.28. The molecule has 2 rings (SSSR count). The third-order valence-electron chi connectivity index (χ3n) is 4.32. The van der Waals surface area contributed by atoms with Gasteiger partial charge in [0.2, 0.25) is 5.91 Å². The van der Waals surface area contributed by atoms with E-state index in [9.17, 15) is 18.0 Å². The molecule has 0 radical (unpaired) electrons. The van der Waals surface area contributed by atoms with Gasteiger partial charge in [-0.1, -0.05) is 6.07 Å². The average Bonchev–Trinajstić information content (AvgIpc) is 2.54. The molecule has 1 aromatic carbocycles. The first-order valence-corrected chi connectivity index (χ1v) is 7.90. The number of nitrogens with two attached hydrogens (primary N) is 1. The van der Waals surface area contributed by atoms with Gasteiger partial charge in [-0.05, 0) is 32.0 Å². The number of carbonyl (C=O) groups excluding carboxylic acids is 1. The number of rotatable bonds is 5. The number of primary amides is 1. The van der Waals surface area contributed by atoms with Crippen molar-refractivity contribution in [2.24, 2.45) is 5.73 Å². The number of benzene rings is 1. The SMILES string of the molecule is CC(NC(C)N1CCN(c2cccc(C(F)(F)F)c2)CC1)C(N)=O. The van der Waals surface area contributed by atoms with Crippen molar-refractivity contribution < 1.29 is 18.0 Å². The van der Waals surface area contributed by atoms with E-state index in [0.29, 0.717) is 31.9 Å². The highest BCUT2D eigenvalue weighted by molar-refractivity contribution is 5.79. The van der Waals surface area contributed by atoms with Crippen LogP contribution in [0.15, 0.2) is 24.3 Å². The quantitative estimate of drug-likeness (QED) is 0.852. The Kier molecular flexibility index (Phi) is 5.71. The van der Waals surface area contributed by atoms with Crippen molar-refractivity contribution in [3.8, 4) is 0 Å². The van der Waals surface area contributed by atoms with Gasteiger partial charge >= 0.3 is 6.18 Å². The lowest BCUT2D eigenvalue weighted by Gasteiger charge is -2.40. The van der Waals surface area contributed by atoms with Crippen LogP contribution in [-0.2, 0) is 11.0 Å².